The zero-order valence-electron chi connectivity index (χ0n) is 15.5. The van der Waals surface area contributed by atoms with E-state index >= 15 is 0 Å². The van der Waals surface area contributed by atoms with Gasteiger partial charge in [0, 0.05) is 31.1 Å². The molecule has 2 aliphatic heterocycles. The van der Waals surface area contributed by atoms with E-state index < -0.39 is 5.97 Å². The summed E-state index contributed by atoms with van der Waals surface area (Å²) in [6.07, 6.45) is 14.4. The number of aliphatic carboxylic acids is 1. The number of nitrogens with zero attached hydrogens (tertiary/aromatic N) is 1. The second-order valence-electron chi connectivity index (χ2n) is 9.11. The van der Waals surface area contributed by atoms with E-state index in [1.165, 1.54) is 57.8 Å². The van der Waals surface area contributed by atoms with E-state index in [9.17, 15) is 0 Å². The van der Waals surface area contributed by atoms with Crippen LogP contribution < -0.4 is 5.73 Å². The first-order chi connectivity index (χ1) is 11.4. The molecule has 0 aromatic rings. The van der Waals surface area contributed by atoms with Crippen molar-refractivity contribution in [2.24, 2.45) is 23.5 Å². The van der Waals surface area contributed by atoms with Gasteiger partial charge in [-0.2, -0.15) is 0 Å². The molecule has 4 heteroatoms. The molecule has 3 N–H and O–H groups in total. The van der Waals surface area contributed by atoms with Crippen LogP contribution in [0, 0.1) is 17.8 Å². The normalized spacial score (nSPS) is 45.0. The number of fused-ring (bicyclic) bond motifs is 4. The molecule has 2 saturated heterocycles. The van der Waals surface area contributed by atoms with Crippen LogP contribution in [0.1, 0.15) is 78.1 Å². The molecule has 4 aliphatic rings. The Kier molecular flexibility index (Phi) is 5.86. The largest absolute Gasteiger partial charge is 0.481 e. The first kappa shape index (κ1) is 18.2. The number of piperidine rings is 2. The van der Waals surface area contributed by atoms with Crippen molar-refractivity contribution < 1.29 is 9.90 Å². The summed E-state index contributed by atoms with van der Waals surface area (Å²) in [6, 6.07) is 3.07. The summed E-state index contributed by atoms with van der Waals surface area (Å²) in [4.78, 5) is 12.0. The number of rotatable bonds is 1. The van der Waals surface area contributed by atoms with Gasteiger partial charge >= 0.3 is 0 Å². The van der Waals surface area contributed by atoms with Crippen LogP contribution in [-0.2, 0) is 4.79 Å². The Balaban J connectivity index is 0.000000383. The highest BCUT2D eigenvalue weighted by Gasteiger charge is 2.44. The maximum absolute atomic E-state index is 9.00. The molecule has 138 valence electrons. The minimum Gasteiger partial charge on any atom is -0.481 e. The zero-order chi connectivity index (χ0) is 17.3. The smallest absolute Gasteiger partial charge is 0.300 e. The quantitative estimate of drug-likeness (QED) is 0.767. The highest BCUT2D eigenvalue weighted by molar-refractivity contribution is 5.62. The van der Waals surface area contributed by atoms with Crippen molar-refractivity contribution in [1.82, 2.24) is 4.90 Å². The molecule has 0 aromatic heterocycles. The molecule has 4 bridgehead atoms. The van der Waals surface area contributed by atoms with Gasteiger partial charge in [0.2, 0.25) is 0 Å². The molecule has 2 heterocycles. The standard InChI is InChI=1S/C18H32N2.C2H4O2/c1-12-5-13-7-14(6-12)9-18(8-13)20-16-3-2-4-17(20)11-15(19)10-16;1-2(3)4/h12-18H,2-11,19H2,1H3;1H3,(H,3,4)/t12-,13-,14+,15-,16-,17+,18-;. The molecule has 0 radical (unpaired) electrons. The molecule has 0 amide bonds. The fourth-order valence-corrected chi connectivity index (χ4v) is 6.45. The third-order valence-corrected chi connectivity index (χ3v) is 6.84. The van der Waals surface area contributed by atoms with Crippen molar-refractivity contribution in [3.05, 3.63) is 0 Å². The molecule has 2 saturated carbocycles. The van der Waals surface area contributed by atoms with Crippen molar-refractivity contribution in [1.29, 1.82) is 0 Å². The van der Waals surface area contributed by atoms with Gasteiger partial charge in [-0.1, -0.05) is 13.3 Å². The summed E-state index contributed by atoms with van der Waals surface area (Å²) in [5.74, 6) is 2.24. The Bertz CT molecular complexity index is 405. The van der Waals surface area contributed by atoms with E-state index in [0.29, 0.717) is 6.04 Å². The van der Waals surface area contributed by atoms with Crippen molar-refractivity contribution in [2.75, 3.05) is 0 Å². The van der Waals surface area contributed by atoms with Crippen LogP contribution in [0.25, 0.3) is 0 Å². The molecule has 4 nitrogen and oxygen atoms in total. The lowest BCUT2D eigenvalue weighted by atomic mass is 9.65. The summed E-state index contributed by atoms with van der Waals surface area (Å²) in [5, 5.41) is 7.42. The average Bonchev–Trinajstić information content (AvgIpc) is 2.44. The van der Waals surface area contributed by atoms with Crippen LogP contribution >= 0.6 is 0 Å². The minimum atomic E-state index is -0.833. The highest BCUT2D eigenvalue weighted by atomic mass is 16.4. The number of carbonyl (C=O) groups is 1. The van der Waals surface area contributed by atoms with Gasteiger partial charge in [-0.3, -0.25) is 9.69 Å². The van der Waals surface area contributed by atoms with Crippen LogP contribution in [0.3, 0.4) is 0 Å². The van der Waals surface area contributed by atoms with E-state index in [2.05, 4.69) is 11.8 Å². The Morgan fingerprint density at radius 2 is 1.42 bits per heavy atom. The van der Waals surface area contributed by atoms with Gasteiger partial charge < -0.3 is 10.8 Å². The molecular weight excluding hydrogens is 300 g/mol. The molecule has 0 unspecified atom stereocenters. The lowest BCUT2D eigenvalue weighted by molar-refractivity contribution is -0.134. The van der Waals surface area contributed by atoms with Gasteiger partial charge in [-0.25, -0.2) is 0 Å². The molecule has 2 aliphatic carbocycles. The lowest BCUT2D eigenvalue weighted by Gasteiger charge is -2.55. The van der Waals surface area contributed by atoms with Crippen molar-refractivity contribution >= 4 is 5.97 Å². The highest BCUT2D eigenvalue weighted by Crippen LogP contribution is 2.47. The van der Waals surface area contributed by atoms with E-state index in [4.69, 9.17) is 15.6 Å². The minimum absolute atomic E-state index is 0.490. The number of carboxylic acids is 1. The predicted molar refractivity (Wildman–Crippen MR) is 96.8 cm³/mol. The lowest BCUT2D eigenvalue weighted by Crippen LogP contribution is -2.60. The van der Waals surface area contributed by atoms with E-state index in [1.807, 2.05) is 0 Å². The predicted octanol–water partition coefficient (Wildman–Crippen LogP) is 3.64. The topological polar surface area (TPSA) is 66.6 Å². The molecule has 4 rings (SSSR count). The number of hydrogen-bond donors (Lipinski definition) is 2. The summed E-state index contributed by atoms with van der Waals surface area (Å²) >= 11 is 0. The summed E-state index contributed by atoms with van der Waals surface area (Å²) in [5.41, 5.74) is 6.30. The fourth-order valence-electron chi connectivity index (χ4n) is 6.45. The van der Waals surface area contributed by atoms with Gasteiger partial charge in [0.1, 0.15) is 0 Å². The van der Waals surface area contributed by atoms with Crippen LogP contribution in [0.2, 0.25) is 0 Å². The van der Waals surface area contributed by atoms with Crippen LogP contribution in [0.15, 0.2) is 0 Å². The molecule has 4 fully saturated rings. The summed E-state index contributed by atoms with van der Waals surface area (Å²) in [6.45, 7) is 3.56. The van der Waals surface area contributed by atoms with Crippen molar-refractivity contribution in [3.63, 3.8) is 0 Å². The Labute approximate surface area is 147 Å². The van der Waals surface area contributed by atoms with Crippen LogP contribution in [0.4, 0.5) is 0 Å². The molecule has 24 heavy (non-hydrogen) atoms. The number of nitrogens with two attached hydrogens (primary N) is 1. The van der Waals surface area contributed by atoms with Crippen LogP contribution in [0.5, 0.6) is 0 Å². The Hall–Kier alpha value is -0.610. The van der Waals surface area contributed by atoms with E-state index in [1.54, 1.807) is 6.42 Å². The second kappa shape index (κ2) is 7.74. The first-order valence-electron chi connectivity index (χ1n) is 10.1. The van der Waals surface area contributed by atoms with Gasteiger partial charge in [0.05, 0.1) is 0 Å². The molecule has 0 aromatic carbocycles. The fraction of sp³-hybridized carbons (Fsp3) is 0.950. The maximum atomic E-state index is 9.00. The monoisotopic (exact) mass is 336 g/mol. The second-order valence-corrected chi connectivity index (χ2v) is 9.11. The zero-order valence-corrected chi connectivity index (χ0v) is 15.5. The summed E-state index contributed by atoms with van der Waals surface area (Å²) in [7, 11) is 0. The van der Waals surface area contributed by atoms with Crippen molar-refractivity contribution in [3.8, 4) is 0 Å². The van der Waals surface area contributed by atoms with Gasteiger partial charge in [-0.15, -0.1) is 0 Å². The van der Waals surface area contributed by atoms with Gasteiger partial charge in [0.25, 0.3) is 5.97 Å². The van der Waals surface area contributed by atoms with E-state index in [0.717, 1.165) is 42.8 Å². The molecule has 7 atom stereocenters. The third-order valence-electron chi connectivity index (χ3n) is 6.84. The Morgan fingerprint density at radius 3 is 1.92 bits per heavy atom. The SMILES string of the molecule is CC(=O)O.C[C@@H]1C[C@@H]2C[C@H](C1)C[C@H](N1[C@@H]3CCC[C@H]1C[C@H](N)C3)C2. The van der Waals surface area contributed by atoms with Crippen molar-refractivity contribution in [2.45, 2.75) is 102 Å². The van der Waals surface area contributed by atoms with E-state index in [-0.39, 0.29) is 0 Å². The van der Waals surface area contributed by atoms with Crippen LogP contribution in [-0.4, -0.2) is 40.1 Å². The maximum Gasteiger partial charge on any atom is 0.300 e. The first-order valence-corrected chi connectivity index (χ1v) is 10.1. The summed E-state index contributed by atoms with van der Waals surface area (Å²) < 4.78 is 0. The third kappa shape index (κ3) is 4.32. The number of hydrogen-bond acceptors (Lipinski definition) is 3. The molecule has 0 spiro atoms. The molecular formula is C20H36N2O2. The Morgan fingerprint density at radius 1 is 0.917 bits per heavy atom. The van der Waals surface area contributed by atoms with Gasteiger partial charge in [0.15, 0.2) is 0 Å². The number of carboxylic acid groups (broad SMARTS) is 1. The van der Waals surface area contributed by atoms with Gasteiger partial charge in [-0.05, 0) is 75.5 Å². The average molecular weight is 337 g/mol.